The van der Waals surface area contributed by atoms with Gasteiger partial charge in [-0.15, -0.1) is 0 Å². The zero-order valence-corrected chi connectivity index (χ0v) is 14.1. The summed E-state index contributed by atoms with van der Waals surface area (Å²) in [5, 5.41) is 0. The van der Waals surface area contributed by atoms with Crippen LogP contribution < -0.4 is 0 Å². The molecule has 2 aliphatic rings. The average molecular weight is 335 g/mol. The van der Waals surface area contributed by atoms with Crippen molar-refractivity contribution in [2.75, 3.05) is 6.61 Å². The van der Waals surface area contributed by atoms with Gasteiger partial charge in [0.1, 0.15) is 0 Å². The lowest BCUT2D eigenvalue weighted by molar-refractivity contribution is 0.0412. The molecular weight excluding hydrogens is 310 g/mol. The van der Waals surface area contributed by atoms with E-state index < -0.39 is 0 Å². The molecule has 2 fully saturated rings. The molecular formula is C17H25N3O4. The monoisotopic (exact) mass is 335 g/mol. The Labute approximate surface area is 142 Å². The Bertz CT molecular complexity index is 518. The van der Waals surface area contributed by atoms with E-state index in [2.05, 4.69) is 9.98 Å². The quantitative estimate of drug-likeness (QED) is 0.571. The topological polar surface area (TPSA) is 88.4 Å². The van der Waals surface area contributed by atoms with Crippen LogP contribution in [0, 0.1) is 0 Å². The van der Waals surface area contributed by atoms with Gasteiger partial charge in [0.2, 0.25) is 12.2 Å². The molecule has 7 heteroatoms. The van der Waals surface area contributed by atoms with Crippen molar-refractivity contribution in [3.8, 4) is 0 Å². The first-order valence-corrected chi connectivity index (χ1v) is 8.80. The summed E-state index contributed by atoms with van der Waals surface area (Å²) < 4.78 is 5.27. The SMILES string of the molecule is CCOC(=O)N(C1CCC(N=C=O)CC1)C1CCCCC1N=C=O. The number of isocyanates is 2. The van der Waals surface area contributed by atoms with Gasteiger partial charge >= 0.3 is 6.09 Å². The second-order valence-electron chi connectivity index (χ2n) is 6.43. The smallest absolute Gasteiger partial charge is 0.410 e. The molecule has 0 radical (unpaired) electrons. The average Bonchev–Trinajstić information content (AvgIpc) is 2.59. The van der Waals surface area contributed by atoms with Crippen molar-refractivity contribution in [3.63, 3.8) is 0 Å². The number of hydrogen-bond donors (Lipinski definition) is 0. The fourth-order valence-electron chi connectivity index (χ4n) is 3.93. The molecule has 132 valence electrons. The summed E-state index contributed by atoms with van der Waals surface area (Å²) in [6.07, 6.45) is 9.61. The number of amides is 1. The van der Waals surface area contributed by atoms with Crippen LogP contribution in [0.1, 0.15) is 58.3 Å². The van der Waals surface area contributed by atoms with Crippen LogP contribution in [-0.2, 0) is 14.3 Å². The van der Waals surface area contributed by atoms with Crippen molar-refractivity contribution in [1.29, 1.82) is 0 Å². The zero-order chi connectivity index (χ0) is 17.4. The van der Waals surface area contributed by atoms with Crippen LogP contribution in [0.2, 0.25) is 0 Å². The maximum Gasteiger partial charge on any atom is 0.410 e. The van der Waals surface area contributed by atoms with Gasteiger partial charge in [-0.05, 0) is 45.4 Å². The van der Waals surface area contributed by atoms with Gasteiger partial charge in [-0.1, -0.05) is 12.8 Å². The Morgan fingerprint density at radius 2 is 1.71 bits per heavy atom. The molecule has 0 spiro atoms. The van der Waals surface area contributed by atoms with Gasteiger partial charge in [-0.2, -0.15) is 0 Å². The molecule has 0 aromatic rings. The Balaban J connectivity index is 2.16. The molecule has 0 N–H and O–H groups in total. The summed E-state index contributed by atoms with van der Waals surface area (Å²) in [4.78, 5) is 43.3. The first kappa shape index (κ1) is 18.4. The molecule has 0 aliphatic heterocycles. The van der Waals surface area contributed by atoms with Gasteiger partial charge in [-0.3, -0.25) is 0 Å². The van der Waals surface area contributed by atoms with Gasteiger partial charge < -0.3 is 9.64 Å². The molecule has 0 aromatic carbocycles. The van der Waals surface area contributed by atoms with Crippen LogP contribution in [0.15, 0.2) is 9.98 Å². The second-order valence-corrected chi connectivity index (χ2v) is 6.43. The Morgan fingerprint density at radius 1 is 1.04 bits per heavy atom. The Kier molecular flexibility index (Phi) is 7.16. The predicted molar refractivity (Wildman–Crippen MR) is 87.2 cm³/mol. The molecule has 2 rings (SSSR count). The number of rotatable bonds is 5. The highest BCUT2D eigenvalue weighted by molar-refractivity contribution is 5.68. The van der Waals surface area contributed by atoms with E-state index in [1.165, 1.54) is 0 Å². The molecule has 2 saturated carbocycles. The molecule has 2 unspecified atom stereocenters. The third-order valence-corrected chi connectivity index (χ3v) is 5.04. The van der Waals surface area contributed by atoms with Crippen LogP contribution in [0.3, 0.4) is 0 Å². The van der Waals surface area contributed by atoms with Crippen molar-refractivity contribution in [1.82, 2.24) is 4.90 Å². The van der Waals surface area contributed by atoms with E-state index in [0.717, 1.165) is 51.4 Å². The van der Waals surface area contributed by atoms with E-state index in [1.54, 1.807) is 24.0 Å². The predicted octanol–water partition coefficient (Wildman–Crippen LogP) is 2.74. The van der Waals surface area contributed by atoms with Crippen LogP contribution in [-0.4, -0.2) is 53.9 Å². The van der Waals surface area contributed by atoms with Crippen LogP contribution >= 0.6 is 0 Å². The van der Waals surface area contributed by atoms with Gasteiger partial charge in [0, 0.05) is 6.04 Å². The minimum absolute atomic E-state index is 0.00190. The minimum atomic E-state index is -0.335. The highest BCUT2D eigenvalue weighted by Gasteiger charge is 2.39. The molecule has 7 nitrogen and oxygen atoms in total. The molecule has 1 amide bonds. The summed E-state index contributed by atoms with van der Waals surface area (Å²) >= 11 is 0. The number of aliphatic imine (C=N–C) groups is 2. The van der Waals surface area contributed by atoms with E-state index in [9.17, 15) is 14.4 Å². The van der Waals surface area contributed by atoms with Gasteiger partial charge in [0.15, 0.2) is 0 Å². The zero-order valence-electron chi connectivity index (χ0n) is 14.1. The fourth-order valence-corrected chi connectivity index (χ4v) is 3.93. The van der Waals surface area contributed by atoms with Crippen molar-refractivity contribution >= 4 is 18.3 Å². The van der Waals surface area contributed by atoms with Crippen LogP contribution in [0.4, 0.5) is 4.79 Å². The van der Waals surface area contributed by atoms with Gasteiger partial charge in [0.25, 0.3) is 0 Å². The summed E-state index contributed by atoms with van der Waals surface area (Å²) in [7, 11) is 0. The second kappa shape index (κ2) is 9.36. The number of hydrogen-bond acceptors (Lipinski definition) is 6. The number of nitrogens with zero attached hydrogens (tertiary/aromatic N) is 3. The summed E-state index contributed by atoms with van der Waals surface area (Å²) in [5.74, 6) is 0. The number of carbonyl (C=O) groups excluding carboxylic acids is 3. The minimum Gasteiger partial charge on any atom is -0.450 e. The maximum atomic E-state index is 12.6. The van der Waals surface area contributed by atoms with E-state index >= 15 is 0 Å². The van der Waals surface area contributed by atoms with Crippen molar-refractivity contribution in [2.24, 2.45) is 9.98 Å². The summed E-state index contributed by atoms with van der Waals surface area (Å²) in [6.45, 7) is 2.10. The van der Waals surface area contributed by atoms with Crippen LogP contribution in [0.25, 0.3) is 0 Å². The Hall–Kier alpha value is -1.97. The molecule has 24 heavy (non-hydrogen) atoms. The molecule has 0 aromatic heterocycles. The lowest BCUT2D eigenvalue weighted by atomic mass is 9.85. The van der Waals surface area contributed by atoms with Crippen molar-refractivity contribution in [3.05, 3.63) is 0 Å². The first-order chi connectivity index (χ1) is 11.7. The van der Waals surface area contributed by atoms with E-state index in [-0.39, 0.29) is 30.3 Å². The number of ether oxygens (including phenoxy) is 1. The highest BCUT2D eigenvalue weighted by Crippen LogP contribution is 2.33. The molecule has 2 aliphatic carbocycles. The lowest BCUT2D eigenvalue weighted by Gasteiger charge is -2.43. The van der Waals surface area contributed by atoms with E-state index in [1.807, 2.05) is 0 Å². The largest absolute Gasteiger partial charge is 0.450 e. The van der Waals surface area contributed by atoms with E-state index in [0.29, 0.717) is 6.61 Å². The third-order valence-electron chi connectivity index (χ3n) is 5.04. The fraction of sp³-hybridized carbons (Fsp3) is 0.824. The number of carbonyl (C=O) groups is 1. The van der Waals surface area contributed by atoms with E-state index in [4.69, 9.17) is 4.74 Å². The molecule has 0 heterocycles. The van der Waals surface area contributed by atoms with Crippen molar-refractivity contribution < 1.29 is 19.1 Å². The molecule has 0 bridgehead atoms. The first-order valence-electron chi connectivity index (χ1n) is 8.80. The lowest BCUT2D eigenvalue weighted by Crippen LogP contribution is -2.54. The van der Waals surface area contributed by atoms with Crippen molar-refractivity contribution in [2.45, 2.75) is 82.5 Å². The van der Waals surface area contributed by atoms with Gasteiger partial charge in [0.05, 0.1) is 24.7 Å². The van der Waals surface area contributed by atoms with Crippen LogP contribution in [0.5, 0.6) is 0 Å². The summed E-state index contributed by atoms with van der Waals surface area (Å²) in [6, 6.07) is -0.283. The summed E-state index contributed by atoms with van der Waals surface area (Å²) in [5.41, 5.74) is 0. The molecule has 0 saturated heterocycles. The molecule has 2 atom stereocenters. The normalized spacial score (nSPS) is 29.7. The maximum absolute atomic E-state index is 12.6. The standard InChI is InChI=1S/C17H25N3O4/c1-2-24-17(23)20(14-9-7-13(8-10-14)18-11-21)16-6-4-3-5-15(16)19-12-22/h13-16H,2-10H2,1H3. The third kappa shape index (κ3) is 4.53. The highest BCUT2D eigenvalue weighted by atomic mass is 16.6. The Morgan fingerprint density at radius 3 is 2.33 bits per heavy atom. The van der Waals surface area contributed by atoms with Gasteiger partial charge in [-0.25, -0.2) is 24.4 Å².